The molecule has 0 spiro atoms. The second-order valence-electron chi connectivity index (χ2n) is 4.64. The summed E-state index contributed by atoms with van der Waals surface area (Å²) in [4.78, 5) is 0. The van der Waals surface area contributed by atoms with Crippen LogP contribution in [0.4, 0.5) is 0 Å². The maximum Gasteiger partial charge on any atom is 0.0649 e. The van der Waals surface area contributed by atoms with Crippen LogP contribution in [-0.2, 0) is 4.74 Å². The lowest BCUT2D eigenvalue weighted by Crippen LogP contribution is -2.44. The average Bonchev–Trinajstić information content (AvgIpc) is 2.28. The molecule has 0 unspecified atom stereocenters. The quantitative estimate of drug-likeness (QED) is 0.685. The molecular formula is C11H23NO. The molecule has 0 amide bonds. The lowest BCUT2D eigenvalue weighted by Gasteiger charge is -2.28. The Morgan fingerprint density at radius 2 is 1.69 bits per heavy atom. The van der Waals surface area contributed by atoms with E-state index in [1.54, 1.807) is 0 Å². The first-order valence-electron chi connectivity index (χ1n) is 5.53. The van der Waals surface area contributed by atoms with Crippen LogP contribution >= 0.6 is 0 Å². The molecule has 0 saturated heterocycles. The topological polar surface area (TPSA) is 35.2 Å². The van der Waals surface area contributed by atoms with Crippen molar-refractivity contribution in [3.8, 4) is 0 Å². The fraction of sp³-hybridized carbons (Fsp3) is 1.00. The van der Waals surface area contributed by atoms with Crippen molar-refractivity contribution in [2.24, 2.45) is 5.73 Å². The van der Waals surface area contributed by atoms with E-state index in [0.717, 1.165) is 19.4 Å². The van der Waals surface area contributed by atoms with Crippen molar-refractivity contribution in [3.63, 3.8) is 0 Å². The molecule has 0 aromatic rings. The summed E-state index contributed by atoms with van der Waals surface area (Å²) >= 11 is 0. The second-order valence-corrected chi connectivity index (χ2v) is 4.64. The highest BCUT2D eigenvalue weighted by molar-refractivity contribution is 4.85. The third-order valence-corrected chi connectivity index (χ3v) is 2.80. The first kappa shape index (κ1) is 11.0. The molecule has 1 aliphatic carbocycles. The predicted molar refractivity (Wildman–Crippen MR) is 55.7 cm³/mol. The molecule has 2 heteroatoms. The molecule has 1 saturated carbocycles. The molecule has 0 heterocycles. The van der Waals surface area contributed by atoms with E-state index in [1.165, 1.54) is 25.7 Å². The molecule has 0 bridgehead atoms. The van der Waals surface area contributed by atoms with E-state index in [2.05, 4.69) is 13.8 Å². The predicted octanol–water partition coefficient (Wildman–Crippen LogP) is 2.46. The van der Waals surface area contributed by atoms with Crippen molar-refractivity contribution in [1.82, 2.24) is 0 Å². The normalized spacial score (nSPS) is 23.1. The molecule has 2 N–H and O–H groups in total. The Labute approximate surface area is 81.8 Å². The van der Waals surface area contributed by atoms with Gasteiger partial charge in [-0.15, -0.1) is 0 Å². The monoisotopic (exact) mass is 185 g/mol. The smallest absolute Gasteiger partial charge is 0.0649 e. The van der Waals surface area contributed by atoms with Crippen LogP contribution in [0.15, 0.2) is 0 Å². The van der Waals surface area contributed by atoms with Crippen molar-refractivity contribution < 1.29 is 4.74 Å². The van der Waals surface area contributed by atoms with Crippen LogP contribution < -0.4 is 5.73 Å². The molecule has 0 radical (unpaired) electrons. The molecule has 13 heavy (non-hydrogen) atoms. The highest BCUT2D eigenvalue weighted by Gasteiger charge is 2.26. The molecule has 1 aliphatic rings. The van der Waals surface area contributed by atoms with Crippen LogP contribution in [0.1, 0.15) is 52.4 Å². The van der Waals surface area contributed by atoms with Crippen LogP contribution in [-0.4, -0.2) is 18.2 Å². The Morgan fingerprint density at radius 1 is 1.15 bits per heavy atom. The van der Waals surface area contributed by atoms with Gasteiger partial charge in [-0.2, -0.15) is 0 Å². The van der Waals surface area contributed by atoms with Gasteiger partial charge in [-0.05, 0) is 26.7 Å². The number of hydrogen-bond donors (Lipinski definition) is 1. The van der Waals surface area contributed by atoms with Gasteiger partial charge in [-0.25, -0.2) is 0 Å². The lowest BCUT2D eigenvalue weighted by molar-refractivity contribution is 0.0351. The van der Waals surface area contributed by atoms with Crippen LogP contribution in [0.3, 0.4) is 0 Å². The first-order valence-corrected chi connectivity index (χ1v) is 5.53. The molecule has 0 atom stereocenters. The standard InChI is InChI=1S/C11H23NO/c1-10(2)13-9-11(12)7-5-3-4-6-8-11/h10H,3-9,12H2,1-2H3. The maximum atomic E-state index is 6.28. The second kappa shape index (κ2) is 4.97. The van der Waals surface area contributed by atoms with E-state index in [-0.39, 0.29) is 5.54 Å². The highest BCUT2D eigenvalue weighted by atomic mass is 16.5. The molecule has 0 aliphatic heterocycles. The van der Waals surface area contributed by atoms with Crippen LogP contribution in [0.25, 0.3) is 0 Å². The van der Waals surface area contributed by atoms with Gasteiger partial charge < -0.3 is 10.5 Å². The summed E-state index contributed by atoms with van der Waals surface area (Å²) in [6.07, 6.45) is 7.83. The summed E-state index contributed by atoms with van der Waals surface area (Å²) in [6.45, 7) is 4.88. The zero-order valence-corrected chi connectivity index (χ0v) is 9.01. The van der Waals surface area contributed by atoms with Gasteiger partial charge in [0.25, 0.3) is 0 Å². The summed E-state index contributed by atoms with van der Waals surface area (Å²) in [5.41, 5.74) is 6.26. The summed E-state index contributed by atoms with van der Waals surface area (Å²) in [7, 11) is 0. The minimum absolute atomic E-state index is 0.0270. The van der Waals surface area contributed by atoms with Gasteiger partial charge >= 0.3 is 0 Å². The van der Waals surface area contributed by atoms with Gasteiger partial charge in [-0.1, -0.05) is 25.7 Å². The zero-order valence-electron chi connectivity index (χ0n) is 9.01. The van der Waals surface area contributed by atoms with E-state index in [1.807, 2.05) is 0 Å². The number of nitrogens with two attached hydrogens (primary N) is 1. The SMILES string of the molecule is CC(C)OCC1(N)CCCCCC1. The number of rotatable bonds is 3. The van der Waals surface area contributed by atoms with Crippen molar-refractivity contribution >= 4 is 0 Å². The van der Waals surface area contributed by atoms with Gasteiger partial charge in [-0.3, -0.25) is 0 Å². The molecule has 2 nitrogen and oxygen atoms in total. The summed E-state index contributed by atoms with van der Waals surface area (Å²) in [6, 6.07) is 0. The minimum Gasteiger partial charge on any atom is -0.377 e. The van der Waals surface area contributed by atoms with Crippen molar-refractivity contribution in [1.29, 1.82) is 0 Å². The van der Waals surface area contributed by atoms with Crippen LogP contribution in [0.5, 0.6) is 0 Å². The fourth-order valence-electron chi connectivity index (χ4n) is 1.91. The summed E-state index contributed by atoms with van der Waals surface area (Å²) < 4.78 is 5.61. The Kier molecular flexibility index (Phi) is 4.20. The molecule has 1 fully saturated rings. The Balaban J connectivity index is 2.33. The van der Waals surface area contributed by atoms with Gasteiger partial charge in [0.1, 0.15) is 0 Å². The summed E-state index contributed by atoms with van der Waals surface area (Å²) in [5.74, 6) is 0. The third kappa shape index (κ3) is 4.10. The van der Waals surface area contributed by atoms with E-state index in [0.29, 0.717) is 6.10 Å². The van der Waals surface area contributed by atoms with Crippen LogP contribution in [0.2, 0.25) is 0 Å². The first-order chi connectivity index (χ1) is 6.12. The van der Waals surface area contributed by atoms with Gasteiger partial charge in [0.05, 0.1) is 12.7 Å². The van der Waals surface area contributed by atoms with E-state index < -0.39 is 0 Å². The van der Waals surface area contributed by atoms with Crippen molar-refractivity contribution in [2.75, 3.05) is 6.61 Å². The van der Waals surface area contributed by atoms with E-state index in [9.17, 15) is 0 Å². The van der Waals surface area contributed by atoms with Gasteiger partial charge in [0.2, 0.25) is 0 Å². The number of hydrogen-bond acceptors (Lipinski definition) is 2. The lowest BCUT2D eigenvalue weighted by atomic mass is 9.92. The molecule has 0 aromatic heterocycles. The maximum absolute atomic E-state index is 6.28. The number of ether oxygens (including phenoxy) is 1. The molecule has 0 aromatic carbocycles. The zero-order chi connectivity index (χ0) is 9.73. The minimum atomic E-state index is -0.0270. The highest BCUT2D eigenvalue weighted by Crippen LogP contribution is 2.25. The Bertz CT molecular complexity index is 137. The Hall–Kier alpha value is -0.0800. The molecule has 78 valence electrons. The Morgan fingerprint density at radius 3 is 2.15 bits per heavy atom. The largest absolute Gasteiger partial charge is 0.377 e. The van der Waals surface area contributed by atoms with Gasteiger partial charge in [0.15, 0.2) is 0 Å². The van der Waals surface area contributed by atoms with Crippen molar-refractivity contribution in [2.45, 2.75) is 64.0 Å². The molecular weight excluding hydrogens is 162 g/mol. The van der Waals surface area contributed by atoms with Crippen LogP contribution in [0, 0.1) is 0 Å². The van der Waals surface area contributed by atoms with Crippen molar-refractivity contribution in [3.05, 3.63) is 0 Å². The average molecular weight is 185 g/mol. The van der Waals surface area contributed by atoms with Gasteiger partial charge in [0, 0.05) is 5.54 Å². The fourth-order valence-corrected chi connectivity index (χ4v) is 1.91. The van der Waals surface area contributed by atoms with E-state index in [4.69, 9.17) is 10.5 Å². The van der Waals surface area contributed by atoms with E-state index >= 15 is 0 Å². The summed E-state index contributed by atoms with van der Waals surface area (Å²) in [5, 5.41) is 0. The third-order valence-electron chi connectivity index (χ3n) is 2.80. The molecule has 1 rings (SSSR count).